The second-order valence-corrected chi connectivity index (χ2v) is 6.17. The summed E-state index contributed by atoms with van der Waals surface area (Å²) in [5.74, 6) is -1.61. The van der Waals surface area contributed by atoms with Gasteiger partial charge in [-0.15, -0.1) is 0 Å². The summed E-state index contributed by atoms with van der Waals surface area (Å²) in [6.07, 6.45) is 0.153. The van der Waals surface area contributed by atoms with Gasteiger partial charge in [-0.05, 0) is 17.9 Å². The summed E-state index contributed by atoms with van der Waals surface area (Å²) in [6.45, 7) is 3.92. The molecule has 0 aromatic heterocycles. The molecule has 25 heavy (non-hydrogen) atoms. The van der Waals surface area contributed by atoms with E-state index in [4.69, 9.17) is 10.5 Å². The second kappa shape index (κ2) is 10.5. The van der Waals surface area contributed by atoms with Crippen LogP contribution in [0.5, 0.6) is 0 Å². The highest BCUT2D eigenvalue weighted by atomic mass is 16.5. The monoisotopic (exact) mass is 350 g/mol. The maximum Gasteiger partial charge on any atom is 0.329 e. The number of benzene rings is 1. The molecule has 138 valence electrons. The van der Waals surface area contributed by atoms with Crippen LogP contribution < -0.4 is 11.1 Å². The van der Waals surface area contributed by atoms with Gasteiger partial charge in [0.15, 0.2) is 0 Å². The number of esters is 2. The molecular weight excluding hydrogens is 324 g/mol. The molecule has 0 unspecified atom stereocenters. The molecule has 0 saturated carbocycles. The van der Waals surface area contributed by atoms with Crippen LogP contribution in [0.2, 0.25) is 0 Å². The van der Waals surface area contributed by atoms with E-state index in [-0.39, 0.29) is 18.9 Å². The molecule has 0 saturated heterocycles. The van der Waals surface area contributed by atoms with Gasteiger partial charge in [0, 0.05) is 0 Å². The molecule has 0 aliphatic heterocycles. The van der Waals surface area contributed by atoms with E-state index in [0.717, 1.165) is 5.56 Å². The number of carbonyl (C=O) groups excluding carboxylic acids is 3. The summed E-state index contributed by atoms with van der Waals surface area (Å²) in [5, 5.41) is 2.48. The maximum atomic E-state index is 12.3. The minimum Gasteiger partial charge on any atom is -0.469 e. The first-order valence-electron chi connectivity index (χ1n) is 8.16. The Bertz CT molecular complexity index is 574. The number of rotatable bonds is 9. The van der Waals surface area contributed by atoms with Crippen molar-refractivity contribution >= 4 is 17.8 Å². The minimum atomic E-state index is -1.14. The molecule has 7 heteroatoms. The quantitative estimate of drug-likeness (QED) is 0.647. The number of nitrogens with one attached hydrogen (secondary N) is 1. The van der Waals surface area contributed by atoms with Crippen LogP contribution in [0.25, 0.3) is 0 Å². The van der Waals surface area contributed by atoms with Crippen molar-refractivity contribution in [1.82, 2.24) is 5.32 Å². The largest absolute Gasteiger partial charge is 0.469 e. The van der Waals surface area contributed by atoms with Gasteiger partial charge in [0.05, 0.1) is 19.6 Å². The van der Waals surface area contributed by atoms with Crippen molar-refractivity contribution in [2.45, 2.75) is 45.4 Å². The van der Waals surface area contributed by atoms with Gasteiger partial charge in [0.25, 0.3) is 0 Å². The summed E-state index contributed by atoms with van der Waals surface area (Å²) in [6, 6.07) is 7.20. The smallest absolute Gasteiger partial charge is 0.329 e. The van der Waals surface area contributed by atoms with Crippen molar-refractivity contribution in [2.75, 3.05) is 7.11 Å². The van der Waals surface area contributed by atoms with Gasteiger partial charge in [0.2, 0.25) is 5.91 Å². The molecular formula is C18H26N2O5. The van der Waals surface area contributed by atoms with E-state index in [1.54, 1.807) is 12.1 Å². The van der Waals surface area contributed by atoms with Gasteiger partial charge < -0.3 is 20.5 Å². The van der Waals surface area contributed by atoms with E-state index < -0.39 is 29.9 Å². The molecule has 0 heterocycles. The highest BCUT2D eigenvalue weighted by molar-refractivity contribution is 5.90. The van der Waals surface area contributed by atoms with Crippen molar-refractivity contribution in [1.29, 1.82) is 0 Å². The predicted octanol–water partition coefficient (Wildman–Crippen LogP) is 1.15. The number of hydrogen-bond acceptors (Lipinski definition) is 6. The fourth-order valence-corrected chi connectivity index (χ4v) is 2.17. The third kappa shape index (κ3) is 7.80. The van der Waals surface area contributed by atoms with Crippen molar-refractivity contribution in [3.8, 4) is 0 Å². The molecule has 0 aliphatic rings. The van der Waals surface area contributed by atoms with Crippen LogP contribution in [-0.2, 0) is 30.5 Å². The van der Waals surface area contributed by atoms with E-state index >= 15 is 0 Å². The second-order valence-electron chi connectivity index (χ2n) is 6.17. The van der Waals surface area contributed by atoms with Crippen molar-refractivity contribution < 1.29 is 23.9 Å². The van der Waals surface area contributed by atoms with Gasteiger partial charge in [0.1, 0.15) is 12.6 Å². The lowest BCUT2D eigenvalue weighted by Crippen LogP contribution is -2.50. The first kappa shape index (κ1) is 20.6. The number of nitrogens with two attached hydrogens (primary N) is 1. The lowest BCUT2D eigenvalue weighted by Gasteiger charge is -2.20. The zero-order valence-electron chi connectivity index (χ0n) is 14.9. The number of amides is 1. The van der Waals surface area contributed by atoms with Crippen LogP contribution in [0.1, 0.15) is 32.3 Å². The SMILES string of the molecule is COC(=O)C[C@H](NC(=O)[C@@H](N)CC(C)C)C(=O)OCc1ccccc1. The molecule has 1 aromatic rings. The van der Waals surface area contributed by atoms with Gasteiger partial charge in [-0.25, -0.2) is 4.79 Å². The van der Waals surface area contributed by atoms with Crippen LogP contribution in [0.3, 0.4) is 0 Å². The fraction of sp³-hybridized carbons (Fsp3) is 0.500. The minimum absolute atomic E-state index is 0.0469. The zero-order chi connectivity index (χ0) is 18.8. The molecule has 0 aliphatic carbocycles. The first-order chi connectivity index (χ1) is 11.8. The van der Waals surface area contributed by atoms with Gasteiger partial charge >= 0.3 is 11.9 Å². The zero-order valence-corrected chi connectivity index (χ0v) is 14.9. The molecule has 1 rings (SSSR count). The molecule has 3 N–H and O–H groups in total. The molecule has 0 radical (unpaired) electrons. The van der Waals surface area contributed by atoms with E-state index in [2.05, 4.69) is 10.1 Å². The maximum absolute atomic E-state index is 12.3. The van der Waals surface area contributed by atoms with Crippen molar-refractivity contribution in [2.24, 2.45) is 11.7 Å². The Morgan fingerprint density at radius 1 is 1.16 bits per heavy atom. The highest BCUT2D eigenvalue weighted by Gasteiger charge is 2.28. The summed E-state index contributed by atoms with van der Waals surface area (Å²) in [5.41, 5.74) is 6.62. The lowest BCUT2D eigenvalue weighted by molar-refractivity contribution is -0.153. The van der Waals surface area contributed by atoms with E-state index in [0.29, 0.717) is 6.42 Å². The van der Waals surface area contributed by atoms with E-state index in [1.165, 1.54) is 7.11 Å². The molecule has 0 fully saturated rings. The Kier molecular flexibility index (Phi) is 8.63. The van der Waals surface area contributed by atoms with Crippen LogP contribution in [0.15, 0.2) is 30.3 Å². The standard InChI is InChI=1S/C18H26N2O5/c1-12(2)9-14(19)17(22)20-15(10-16(21)24-3)18(23)25-11-13-7-5-4-6-8-13/h4-8,12,14-15H,9-11,19H2,1-3H3,(H,20,22)/t14-,15-/m0/s1. The average Bonchev–Trinajstić information content (AvgIpc) is 2.59. The Morgan fingerprint density at radius 2 is 1.80 bits per heavy atom. The molecule has 2 atom stereocenters. The van der Waals surface area contributed by atoms with Crippen molar-refractivity contribution in [3.63, 3.8) is 0 Å². The van der Waals surface area contributed by atoms with Crippen LogP contribution >= 0.6 is 0 Å². The number of hydrogen-bond donors (Lipinski definition) is 2. The molecule has 1 aromatic carbocycles. The van der Waals surface area contributed by atoms with E-state index in [1.807, 2.05) is 32.0 Å². The summed E-state index contributed by atoms with van der Waals surface area (Å²) < 4.78 is 9.77. The Hall–Kier alpha value is -2.41. The topological polar surface area (TPSA) is 108 Å². The number of carbonyl (C=O) groups is 3. The Balaban J connectivity index is 2.69. The molecule has 0 bridgehead atoms. The van der Waals surface area contributed by atoms with Crippen LogP contribution in [-0.4, -0.2) is 37.0 Å². The number of methoxy groups -OCH3 is 1. The van der Waals surface area contributed by atoms with Crippen molar-refractivity contribution in [3.05, 3.63) is 35.9 Å². The van der Waals surface area contributed by atoms with Gasteiger partial charge in [-0.1, -0.05) is 44.2 Å². The summed E-state index contributed by atoms with van der Waals surface area (Å²) in [7, 11) is 1.21. The Labute approximate surface area is 147 Å². The van der Waals surface area contributed by atoms with E-state index in [9.17, 15) is 14.4 Å². The molecule has 0 spiro atoms. The van der Waals surface area contributed by atoms with Crippen LogP contribution in [0.4, 0.5) is 0 Å². The summed E-state index contributed by atoms with van der Waals surface area (Å²) in [4.78, 5) is 35.9. The normalized spacial score (nSPS) is 13.0. The Morgan fingerprint density at radius 3 is 2.36 bits per heavy atom. The lowest BCUT2D eigenvalue weighted by atomic mass is 10.0. The van der Waals surface area contributed by atoms with Gasteiger partial charge in [-0.2, -0.15) is 0 Å². The third-order valence-electron chi connectivity index (χ3n) is 3.49. The molecule has 1 amide bonds. The summed E-state index contributed by atoms with van der Waals surface area (Å²) >= 11 is 0. The predicted molar refractivity (Wildman–Crippen MR) is 92.2 cm³/mol. The van der Waals surface area contributed by atoms with Gasteiger partial charge in [-0.3, -0.25) is 9.59 Å². The number of ether oxygens (including phenoxy) is 2. The third-order valence-corrected chi connectivity index (χ3v) is 3.49. The van der Waals surface area contributed by atoms with Crippen LogP contribution in [0, 0.1) is 5.92 Å². The first-order valence-corrected chi connectivity index (χ1v) is 8.16. The fourth-order valence-electron chi connectivity index (χ4n) is 2.17. The molecule has 7 nitrogen and oxygen atoms in total. The highest BCUT2D eigenvalue weighted by Crippen LogP contribution is 2.07. The average molecular weight is 350 g/mol.